The molecule has 0 spiro atoms. The van der Waals surface area contributed by atoms with Gasteiger partial charge in [0.25, 0.3) is 5.91 Å². The molecule has 32 heavy (non-hydrogen) atoms. The Kier molecular flexibility index (Phi) is 5.12. The van der Waals surface area contributed by atoms with Crippen molar-refractivity contribution in [3.63, 3.8) is 0 Å². The fraction of sp³-hybridized carbons (Fsp3) is 0.130. The van der Waals surface area contributed by atoms with Gasteiger partial charge in [0.1, 0.15) is 12.5 Å². The summed E-state index contributed by atoms with van der Waals surface area (Å²) < 4.78 is 53.7. The van der Waals surface area contributed by atoms with Gasteiger partial charge in [0, 0.05) is 11.4 Å². The number of amides is 1. The predicted molar refractivity (Wildman–Crippen MR) is 110 cm³/mol. The second-order valence-corrected chi connectivity index (χ2v) is 7.32. The van der Waals surface area contributed by atoms with Crippen LogP contribution in [0, 0.1) is 12.7 Å². The second-order valence-electron chi connectivity index (χ2n) is 7.32. The van der Waals surface area contributed by atoms with Crippen LogP contribution in [0.4, 0.5) is 34.6 Å². The molecule has 0 atom stereocenters. The average molecular weight is 444 g/mol. The molecule has 5 nitrogen and oxygen atoms in total. The van der Waals surface area contributed by atoms with E-state index in [2.05, 4.69) is 0 Å². The zero-order valence-corrected chi connectivity index (χ0v) is 16.7. The topological polar surface area (TPSA) is 60.9 Å². The first-order valence-corrected chi connectivity index (χ1v) is 9.46. The van der Waals surface area contributed by atoms with Gasteiger partial charge in [-0.1, -0.05) is 0 Å². The molecule has 1 aliphatic rings. The molecule has 9 heteroatoms. The fourth-order valence-corrected chi connectivity index (χ4v) is 3.65. The normalized spacial score (nSPS) is 13.8. The van der Waals surface area contributed by atoms with Gasteiger partial charge in [0.05, 0.1) is 22.4 Å². The Morgan fingerprint density at radius 2 is 1.62 bits per heavy atom. The van der Waals surface area contributed by atoms with E-state index in [0.29, 0.717) is 16.9 Å². The van der Waals surface area contributed by atoms with Crippen LogP contribution in [0.15, 0.2) is 60.7 Å². The van der Waals surface area contributed by atoms with E-state index in [9.17, 15) is 27.2 Å². The lowest BCUT2D eigenvalue weighted by molar-refractivity contribution is -0.137. The highest BCUT2D eigenvalue weighted by atomic mass is 19.4. The first-order chi connectivity index (χ1) is 15.1. The number of carbonyl (C=O) groups excluding carboxylic acids is 1. The summed E-state index contributed by atoms with van der Waals surface area (Å²) in [5, 5.41) is 9.09. The number of halogens is 4. The lowest BCUT2D eigenvalue weighted by atomic mass is 10.0. The zero-order chi connectivity index (χ0) is 23.2. The summed E-state index contributed by atoms with van der Waals surface area (Å²) in [4.78, 5) is 27.1. The van der Waals surface area contributed by atoms with E-state index < -0.39 is 29.4 Å². The molecular weight excluding hydrogens is 428 g/mol. The van der Waals surface area contributed by atoms with Crippen LogP contribution >= 0.6 is 0 Å². The Morgan fingerprint density at radius 1 is 0.938 bits per heavy atom. The smallest absolute Gasteiger partial charge is 0.416 e. The monoisotopic (exact) mass is 444 g/mol. The van der Waals surface area contributed by atoms with Gasteiger partial charge in [-0.25, -0.2) is 9.18 Å². The maximum Gasteiger partial charge on any atom is 0.416 e. The van der Waals surface area contributed by atoms with E-state index >= 15 is 0 Å². The number of carboxylic acids is 1. The number of carbonyl (C=O) groups is 2. The van der Waals surface area contributed by atoms with Crippen LogP contribution in [-0.4, -0.2) is 23.7 Å². The lowest BCUT2D eigenvalue weighted by Gasteiger charge is -2.39. The maximum atomic E-state index is 13.7. The molecule has 0 aromatic heterocycles. The Bertz CT molecular complexity index is 1220. The predicted octanol–water partition coefficient (Wildman–Crippen LogP) is 5.61. The maximum absolute atomic E-state index is 13.7. The van der Waals surface area contributed by atoms with Crippen LogP contribution < -0.4 is 9.80 Å². The van der Waals surface area contributed by atoms with Gasteiger partial charge in [-0.15, -0.1) is 0 Å². The summed E-state index contributed by atoms with van der Waals surface area (Å²) in [7, 11) is 0. The van der Waals surface area contributed by atoms with Gasteiger partial charge >= 0.3 is 12.1 Å². The Morgan fingerprint density at radius 3 is 2.22 bits per heavy atom. The number of benzene rings is 3. The summed E-state index contributed by atoms with van der Waals surface area (Å²) in [6.07, 6.45) is -4.61. The van der Waals surface area contributed by atoms with Crippen LogP contribution in [0.1, 0.15) is 31.8 Å². The van der Waals surface area contributed by atoms with Gasteiger partial charge in [-0.2, -0.15) is 13.2 Å². The Balaban J connectivity index is 1.86. The van der Waals surface area contributed by atoms with Crippen LogP contribution in [0.5, 0.6) is 0 Å². The molecular formula is C23H16F4N2O3. The molecule has 0 fully saturated rings. The summed E-state index contributed by atoms with van der Waals surface area (Å²) in [6, 6.07) is 12.3. The second kappa shape index (κ2) is 7.67. The summed E-state index contributed by atoms with van der Waals surface area (Å²) in [5.41, 5.74) is 0.492. The average Bonchev–Trinajstić information content (AvgIpc) is 2.74. The fourth-order valence-electron chi connectivity index (χ4n) is 3.65. The molecule has 1 N–H and O–H groups in total. The molecule has 3 aromatic carbocycles. The van der Waals surface area contributed by atoms with E-state index in [1.54, 1.807) is 6.92 Å². The molecule has 0 unspecified atom stereocenters. The van der Waals surface area contributed by atoms with Crippen LogP contribution in [-0.2, 0) is 6.18 Å². The lowest BCUT2D eigenvalue weighted by Crippen LogP contribution is -2.45. The van der Waals surface area contributed by atoms with Gasteiger partial charge in [0.15, 0.2) is 0 Å². The quantitative estimate of drug-likeness (QED) is 0.534. The molecule has 3 aromatic rings. The highest BCUT2D eigenvalue weighted by molar-refractivity contribution is 6.12. The molecule has 0 radical (unpaired) electrons. The minimum atomic E-state index is -4.61. The van der Waals surface area contributed by atoms with Crippen molar-refractivity contribution in [2.24, 2.45) is 0 Å². The molecule has 1 heterocycles. The third kappa shape index (κ3) is 3.77. The summed E-state index contributed by atoms with van der Waals surface area (Å²) in [6.45, 7) is 1.47. The van der Waals surface area contributed by atoms with Gasteiger partial charge in [-0.3, -0.25) is 9.69 Å². The zero-order valence-electron chi connectivity index (χ0n) is 16.7. The molecule has 164 valence electrons. The highest BCUT2D eigenvalue weighted by Gasteiger charge is 2.36. The highest BCUT2D eigenvalue weighted by Crippen LogP contribution is 2.40. The number of alkyl halides is 3. The number of fused-ring (bicyclic) bond motifs is 1. The van der Waals surface area contributed by atoms with Crippen molar-refractivity contribution in [3.05, 3.63) is 88.7 Å². The van der Waals surface area contributed by atoms with Crippen molar-refractivity contribution in [1.82, 2.24) is 0 Å². The number of nitrogens with zero attached hydrogens (tertiary/aromatic N) is 2. The van der Waals surface area contributed by atoms with Crippen molar-refractivity contribution in [2.45, 2.75) is 13.1 Å². The minimum absolute atomic E-state index is 0.0275. The van der Waals surface area contributed by atoms with Gasteiger partial charge < -0.3 is 10.0 Å². The van der Waals surface area contributed by atoms with Crippen LogP contribution in [0.3, 0.4) is 0 Å². The number of anilines is 3. The van der Waals surface area contributed by atoms with Crippen LogP contribution in [0.25, 0.3) is 0 Å². The van der Waals surface area contributed by atoms with E-state index in [1.165, 1.54) is 52.3 Å². The number of aryl methyl sites for hydroxylation is 1. The summed E-state index contributed by atoms with van der Waals surface area (Å²) >= 11 is 0. The molecule has 0 aliphatic carbocycles. The van der Waals surface area contributed by atoms with Crippen molar-refractivity contribution in [3.8, 4) is 0 Å². The molecule has 0 bridgehead atoms. The third-order valence-electron chi connectivity index (χ3n) is 5.25. The van der Waals surface area contributed by atoms with E-state index in [0.717, 1.165) is 18.2 Å². The standard InChI is InChI=1S/C23H16F4N2O3/c1-13-10-16(24)5-9-19(13)29-12-28(17-6-2-14(3-7-17)22(31)32)21(30)18-8-4-15(11-20(18)29)23(25,26)27/h2-11H,12H2,1H3,(H,31,32). The number of hydrogen-bond donors (Lipinski definition) is 1. The molecule has 0 saturated heterocycles. The van der Waals surface area contributed by atoms with Gasteiger partial charge in [0.2, 0.25) is 0 Å². The number of aromatic carboxylic acids is 1. The van der Waals surface area contributed by atoms with E-state index in [4.69, 9.17) is 5.11 Å². The van der Waals surface area contributed by atoms with Crippen molar-refractivity contribution < 1.29 is 32.3 Å². The first kappa shape index (κ1) is 21.4. The minimum Gasteiger partial charge on any atom is -0.478 e. The van der Waals surface area contributed by atoms with Crippen LogP contribution in [0.2, 0.25) is 0 Å². The SMILES string of the molecule is Cc1cc(F)ccc1N1CN(c2ccc(C(=O)O)cc2)C(=O)c2ccc(C(F)(F)F)cc21. The summed E-state index contributed by atoms with van der Waals surface area (Å²) in [5.74, 6) is -2.16. The molecule has 4 rings (SSSR count). The number of rotatable bonds is 3. The van der Waals surface area contributed by atoms with Crippen molar-refractivity contribution in [1.29, 1.82) is 0 Å². The largest absolute Gasteiger partial charge is 0.478 e. The van der Waals surface area contributed by atoms with Gasteiger partial charge in [-0.05, 0) is 73.2 Å². The Hall–Kier alpha value is -3.88. The van der Waals surface area contributed by atoms with Crippen molar-refractivity contribution in [2.75, 3.05) is 16.5 Å². The molecule has 1 aliphatic heterocycles. The number of hydrogen-bond acceptors (Lipinski definition) is 3. The van der Waals surface area contributed by atoms with E-state index in [-0.39, 0.29) is 23.5 Å². The third-order valence-corrected chi connectivity index (χ3v) is 5.25. The van der Waals surface area contributed by atoms with E-state index in [1.807, 2.05) is 0 Å². The molecule has 1 amide bonds. The molecule has 0 saturated carbocycles. The first-order valence-electron chi connectivity index (χ1n) is 9.46. The number of carboxylic acid groups (broad SMARTS) is 1. The Labute approximate surface area is 180 Å². The van der Waals surface area contributed by atoms with Crippen molar-refractivity contribution >= 4 is 28.9 Å².